The van der Waals surface area contributed by atoms with Crippen LogP contribution in [0, 0.1) is 5.82 Å². The zero-order chi connectivity index (χ0) is 32.0. The first-order valence-corrected chi connectivity index (χ1v) is 14.9. The summed E-state index contributed by atoms with van der Waals surface area (Å²) in [5.41, 5.74) is 0.868. The van der Waals surface area contributed by atoms with Crippen molar-refractivity contribution in [3.63, 3.8) is 0 Å². The molecule has 2 aliphatic rings. The van der Waals surface area contributed by atoms with Crippen molar-refractivity contribution < 1.29 is 52.0 Å². The van der Waals surface area contributed by atoms with Gasteiger partial charge in [-0.05, 0) is 50.3 Å². The van der Waals surface area contributed by atoms with Crippen LogP contribution in [-0.4, -0.2) is 94.7 Å². The number of nitrogens with one attached hydrogen (secondary N) is 3. The van der Waals surface area contributed by atoms with E-state index in [1.54, 1.807) is 12.1 Å². The maximum Gasteiger partial charge on any atom is 0.407 e. The molecule has 14 heteroatoms. The Labute approximate surface area is 256 Å². The molecule has 0 aromatic heterocycles. The monoisotopic (exact) mass is 625 g/mol. The fraction of sp³-hybridized carbons (Fsp3) is 0.667. The van der Waals surface area contributed by atoms with Crippen LogP contribution in [0.15, 0.2) is 24.3 Å². The van der Waals surface area contributed by atoms with Crippen LogP contribution in [0.25, 0.3) is 0 Å². The summed E-state index contributed by atoms with van der Waals surface area (Å²) in [6.07, 6.45) is 0.638. The molecule has 13 nitrogen and oxygen atoms in total. The molecule has 44 heavy (non-hydrogen) atoms. The molecule has 2 aliphatic heterocycles. The second-order valence-electron chi connectivity index (χ2n) is 10.9. The fourth-order valence-corrected chi connectivity index (χ4v) is 5.23. The highest BCUT2D eigenvalue weighted by Crippen LogP contribution is 2.41. The molecular formula is C30H44FN3O10. The minimum Gasteiger partial charge on any atom is -0.467 e. The highest BCUT2D eigenvalue weighted by molar-refractivity contribution is 5.84. The standard InChI is InChI=1S/C30H44FN3O10/c1-20(27(36)40-3)34-26(35)11-10-23-17-25(42-29(38)32-14-12-21-6-8-22(31)9-7-21)18-30(43-23)13-4-5-24(44-30)19-41-28(37)33-15-16-39-2/h6-9,20,23-25H,4-5,10-19H2,1-3H3,(H,32,38)(H,33,37)(H,34,35)/t20-,23+,24+,25+,30-/m0/s1. The number of hydrogen-bond donors (Lipinski definition) is 3. The van der Waals surface area contributed by atoms with E-state index in [0.717, 1.165) is 12.0 Å². The minimum absolute atomic E-state index is 0.0117. The Hall–Kier alpha value is -3.49. The number of rotatable bonds is 14. The number of methoxy groups -OCH3 is 2. The molecule has 5 atom stereocenters. The first kappa shape index (κ1) is 35.0. The number of alkyl carbamates (subject to hydrolysis) is 2. The fourth-order valence-electron chi connectivity index (χ4n) is 5.23. The van der Waals surface area contributed by atoms with E-state index in [2.05, 4.69) is 20.7 Å². The SMILES string of the molecule is COCCNC(=O)OC[C@H]1CCC[C@@]2(C[C@H](OC(=O)NCCc3ccc(F)cc3)C[C@@H](CCC(=O)N[C@@H](C)C(=O)OC)O2)O1. The van der Waals surface area contributed by atoms with Crippen LogP contribution in [0.1, 0.15) is 57.4 Å². The van der Waals surface area contributed by atoms with Crippen LogP contribution in [0.2, 0.25) is 0 Å². The van der Waals surface area contributed by atoms with Crippen molar-refractivity contribution in [2.45, 2.75) is 88.4 Å². The lowest BCUT2D eigenvalue weighted by Crippen LogP contribution is -2.54. The number of carbonyl (C=O) groups is 4. The highest BCUT2D eigenvalue weighted by Gasteiger charge is 2.47. The minimum atomic E-state index is -1.10. The Balaban J connectivity index is 1.59. The molecule has 2 saturated heterocycles. The summed E-state index contributed by atoms with van der Waals surface area (Å²) in [6.45, 7) is 2.51. The number of amides is 3. The zero-order valence-corrected chi connectivity index (χ0v) is 25.6. The molecule has 3 N–H and O–H groups in total. The third-order valence-corrected chi connectivity index (χ3v) is 7.38. The zero-order valence-electron chi connectivity index (χ0n) is 25.6. The average Bonchev–Trinajstić information content (AvgIpc) is 2.99. The first-order valence-electron chi connectivity index (χ1n) is 14.9. The van der Waals surface area contributed by atoms with Crippen LogP contribution in [0.3, 0.4) is 0 Å². The van der Waals surface area contributed by atoms with Gasteiger partial charge in [-0.25, -0.2) is 18.8 Å². The van der Waals surface area contributed by atoms with Gasteiger partial charge in [-0.1, -0.05) is 12.1 Å². The van der Waals surface area contributed by atoms with Crippen molar-refractivity contribution in [2.75, 3.05) is 40.5 Å². The van der Waals surface area contributed by atoms with Gasteiger partial charge < -0.3 is 44.4 Å². The van der Waals surface area contributed by atoms with Gasteiger partial charge in [0.2, 0.25) is 5.91 Å². The topological polar surface area (TPSA) is 160 Å². The Morgan fingerprint density at radius 2 is 1.77 bits per heavy atom. The molecule has 1 aromatic rings. The van der Waals surface area contributed by atoms with Crippen molar-refractivity contribution >= 4 is 24.1 Å². The maximum absolute atomic E-state index is 13.2. The second-order valence-corrected chi connectivity index (χ2v) is 10.9. The van der Waals surface area contributed by atoms with E-state index in [0.29, 0.717) is 51.8 Å². The van der Waals surface area contributed by atoms with Crippen LogP contribution in [0.5, 0.6) is 0 Å². The number of benzene rings is 1. The smallest absolute Gasteiger partial charge is 0.407 e. The van der Waals surface area contributed by atoms with Gasteiger partial charge in [0.15, 0.2) is 5.79 Å². The maximum atomic E-state index is 13.2. The Bertz CT molecular complexity index is 1090. The third-order valence-electron chi connectivity index (χ3n) is 7.38. The number of halogens is 1. The molecule has 0 bridgehead atoms. The lowest BCUT2D eigenvalue weighted by atomic mass is 9.90. The van der Waals surface area contributed by atoms with Crippen LogP contribution in [-0.2, 0) is 44.4 Å². The molecule has 0 aliphatic carbocycles. The number of esters is 1. The van der Waals surface area contributed by atoms with E-state index in [-0.39, 0.29) is 31.2 Å². The molecular weight excluding hydrogens is 581 g/mol. The third kappa shape index (κ3) is 11.9. The molecule has 3 rings (SSSR count). The van der Waals surface area contributed by atoms with Gasteiger partial charge in [0, 0.05) is 45.9 Å². The van der Waals surface area contributed by atoms with Gasteiger partial charge in [0.1, 0.15) is 24.6 Å². The normalized spacial score (nSPS) is 23.7. The van der Waals surface area contributed by atoms with Crippen molar-refractivity contribution in [3.05, 3.63) is 35.6 Å². The van der Waals surface area contributed by atoms with E-state index in [1.165, 1.54) is 33.3 Å². The van der Waals surface area contributed by atoms with E-state index in [9.17, 15) is 23.6 Å². The Morgan fingerprint density at radius 1 is 1.05 bits per heavy atom. The summed E-state index contributed by atoms with van der Waals surface area (Å²) in [5.74, 6) is -2.33. The van der Waals surface area contributed by atoms with E-state index >= 15 is 0 Å². The molecule has 0 unspecified atom stereocenters. The lowest BCUT2D eigenvalue weighted by Gasteiger charge is -2.47. The highest BCUT2D eigenvalue weighted by atomic mass is 19.1. The predicted molar refractivity (Wildman–Crippen MR) is 154 cm³/mol. The average molecular weight is 626 g/mol. The summed E-state index contributed by atoms with van der Waals surface area (Å²) >= 11 is 0. The van der Waals surface area contributed by atoms with Crippen LogP contribution >= 0.6 is 0 Å². The van der Waals surface area contributed by atoms with Crippen molar-refractivity contribution in [1.29, 1.82) is 0 Å². The molecule has 1 aromatic carbocycles. The lowest BCUT2D eigenvalue weighted by molar-refractivity contribution is -0.329. The van der Waals surface area contributed by atoms with Gasteiger partial charge in [-0.3, -0.25) is 4.79 Å². The van der Waals surface area contributed by atoms with Gasteiger partial charge >= 0.3 is 18.2 Å². The Kier molecular flexibility index (Phi) is 14.1. The van der Waals surface area contributed by atoms with Crippen LogP contribution in [0.4, 0.5) is 14.0 Å². The summed E-state index contributed by atoms with van der Waals surface area (Å²) < 4.78 is 46.6. The first-order chi connectivity index (χ1) is 21.1. The molecule has 0 radical (unpaired) electrons. The summed E-state index contributed by atoms with van der Waals surface area (Å²) in [6, 6.07) is 5.24. The molecule has 246 valence electrons. The summed E-state index contributed by atoms with van der Waals surface area (Å²) in [4.78, 5) is 48.9. The van der Waals surface area contributed by atoms with Crippen molar-refractivity contribution in [3.8, 4) is 0 Å². The number of ether oxygens (including phenoxy) is 6. The summed E-state index contributed by atoms with van der Waals surface area (Å²) in [5, 5.41) is 7.92. The van der Waals surface area contributed by atoms with Crippen LogP contribution < -0.4 is 16.0 Å². The second kappa shape index (κ2) is 17.7. The van der Waals surface area contributed by atoms with E-state index in [1.807, 2.05) is 0 Å². The number of hydrogen-bond acceptors (Lipinski definition) is 10. The Morgan fingerprint density at radius 3 is 2.50 bits per heavy atom. The predicted octanol–water partition coefficient (Wildman–Crippen LogP) is 2.74. The molecule has 1 spiro atoms. The van der Waals surface area contributed by atoms with E-state index < -0.39 is 48.3 Å². The number of carbonyl (C=O) groups excluding carboxylic acids is 4. The van der Waals surface area contributed by atoms with Gasteiger partial charge in [-0.2, -0.15) is 0 Å². The van der Waals surface area contributed by atoms with Gasteiger partial charge in [-0.15, -0.1) is 0 Å². The molecule has 2 fully saturated rings. The quantitative estimate of drug-likeness (QED) is 0.159. The van der Waals surface area contributed by atoms with Gasteiger partial charge in [0.05, 0.1) is 25.9 Å². The van der Waals surface area contributed by atoms with Gasteiger partial charge in [0.25, 0.3) is 0 Å². The largest absolute Gasteiger partial charge is 0.467 e. The van der Waals surface area contributed by atoms with Crippen molar-refractivity contribution in [2.24, 2.45) is 0 Å². The molecule has 3 amide bonds. The van der Waals surface area contributed by atoms with E-state index in [4.69, 9.17) is 23.7 Å². The summed E-state index contributed by atoms with van der Waals surface area (Å²) in [7, 11) is 2.78. The van der Waals surface area contributed by atoms with Crippen molar-refractivity contribution in [1.82, 2.24) is 16.0 Å². The molecule has 2 heterocycles. The molecule has 0 saturated carbocycles.